The first-order chi connectivity index (χ1) is 11.9. The van der Waals surface area contributed by atoms with Gasteiger partial charge in [0.15, 0.2) is 0 Å². The number of thiophene rings is 1. The normalized spacial score (nSPS) is 11.0. The van der Waals surface area contributed by atoms with Crippen molar-refractivity contribution in [2.24, 2.45) is 0 Å². The lowest BCUT2D eigenvalue weighted by Gasteiger charge is -2.11. The van der Waals surface area contributed by atoms with Gasteiger partial charge in [-0.2, -0.15) is 0 Å². The highest BCUT2D eigenvalue weighted by Gasteiger charge is 2.16. The molecule has 0 unspecified atom stereocenters. The molecule has 0 fully saturated rings. The third-order valence-electron chi connectivity index (χ3n) is 3.66. The van der Waals surface area contributed by atoms with Gasteiger partial charge in [0.05, 0.1) is 11.2 Å². The average molecular weight is 365 g/mol. The van der Waals surface area contributed by atoms with Crippen molar-refractivity contribution in [1.82, 2.24) is 9.13 Å². The van der Waals surface area contributed by atoms with Crippen molar-refractivity contribution < 1.29 is 13.6 Å². The predicted molar refractivity (Wildman–Crippen MR) is 91.0 cm³/mol. The zero-order valence-corrected chi connectivity index (χ0v) is 13.9. The summed E-state index contributed by atoms with van der Waals surface area (Å²) in [7, 11) is 0. The molecule has 1 aromatic carbocycles. The SMILES string of the molecule is CCn1c(=O)c2sccc2n(CC(=O)Nc2cc(F)ccc2F)c1=O. The van der Waals surface area contributed by atoms with Crippen LogP contribution in [0.4, 0.5) is 14.5 Å². The molecule has 0 aliphatic carbocycles. The topological polar surface area (TPSA) is 73.1 Å². The summed E-state index contributed by atoms with van der Waals surface area (Å²) in [5, 5.41) is 3.88. The van der Waals surface area contributed by atoms with Gasteiger partial charge in [0.25, 0.3) is 5.56 Å². The van der Waals surface area contributed by atoms with Gasteiger partial charge in [-0.15, -0.1) is 11.3 Å². The fraction of sp³-hybridized carbons (Fsp3) is 0.188. The highest BCUT2D eigenvalue weighted by Crippen LogP contribution is 2.17. The summed E-state index contributed by atoms with van der Waals surface area (Å²) in [4.78, 5) is 36.9. The van der Waals surface area contributed by atoms with E-state index in [9.17, 15) is 23.2 Å². The number of hydrogen-bond donors (Lipinski definition) is 1. The summed E-state index contributed by atoms with van der Waals surface area (Å²) in [6.07, 6.45) is 0. The second-order valence-electron chi connectivity index (χ2n) is 5.23. The highest BCUT2D eigenvalue weighted by atomic mass is 32.1. The summed E-state index contributed by atoms with van der Waals surface area (Å²) < 4.78 is 29.3. The van der Waals surface area contributed by atoms with Crippen LogP contribution in [0.1, 0.15) is 6.92 Å². The molecule has 1 N–H and O–H groups in total. The van der Waals surface area contributed by atoms with Crippen LogP contribution in [0.3, 0.4) is 0 Å². The van der Waals surface area contributed by atoms with Crippen molar-refractivity contribution in [2.75, 3.05) is 5.32 Å². The van der Waals surface area contributed by atoms with Crippen LogP contribution < -0.4 is 16.6 Å². The molecular weight excluding hydrogens is 352 g/mol. The smallest absolute Gasteiger partial charge is 0.322 e. The number of anilines is 1. The van der Waals surface area contributed by atoms with Gasteiger partial charge < -0.3 is 5.32 Å². The lowest BCUT2D eigenvalue weighted by Crippen LogP contribution is -2.40. The van der Waals surface area contributed by atoms with Crippen LogP contribution in [0, 0.1) is 11.6 Å². The van der Waals surface area contributed by atoms with Crippen molar-refractivity contribution in [1.29, 1.82) is 0 Å². The van der Waals surface area contributed by atoms with Crippen LogP contribution in [0.15, 0.2) is 39.2 Å². The van der Waals surface area contributed by atoms with E-state index < -0.39 is 35.3 Å². The predicted octanol–water partition coefficient (Wildman–Crippen LogP) is 2.16. The maximum atomic E-state index is 13.6. The number of rotatable bonds is 4. The molecule has 0 atom stereocenters. The van der Waals surface area contributed by atoms with E-state index in [4.69, 9.17) is 0 Å². The number of benzene rings is 1. The lowest BCUT2D eigenvalue weighted by atomic mass is 10.3. The van der Waals surface area contributed by atoms with Crippen molar-refractivity contribution in [3.63, 3.8) is 0 Å². The molecular formula is C16H13F2N3O3S. The third kappa shape index (κ3) is 3.10. The number of aromatic nitrogens is 2. The minimum atomic E-state index is -0.790. The molecule has 9 heteroatoms. The molecule has 2 aromatic heterocycles. The number of nitrogens with one attached hydrogen (secondary N) is 1. The van der Waals surface area contributed by atoms with E-state index in [-0.39, 0.29) is 12.2 Å². The van der Waals surface area contributed by atoms with Crippen LogP contribution >= 0.6 is 11.3 Å². The Morgan fingerprint density at radius 3 is 2.68 bits per heavy atom. The van der Waals surface area contributed by atoms with E-state index in [0.29, 0.717) is 10.2 Å². The summed E-state index contributed by atoms with van der Waals surface area (Å²) in [6, 6.07) is 4.25. The van der Waals surface area contributed by atoms with Gasteiger partial charge in [0.1, 0.15) is 22.9 Å². The Balaban J connectivity index is 1.99. The molecule has 130 valence electrons. The number of fused-ring (bicyclic) bond motifs is 1. The summed E-state index contributed by atoms with van der Waals surface area (Å²) >= 11 is 1.17. The van der Waals surface area contributed by atoms with Gasteiger partial charge in [-0.05, 0) is 30.5 Å². The number of carbonyl (C=O) groups excluding carboxylic acids is 1. The molecule has 0 saturated carbocycles. The molecule has 3 rings (SSSR count). The summed E-state index contributed by atoms with van der Waals surface area (Å²) in [6.45, 7) is 1.38. The van der Waals surface area contributed by atoms with Crippen molar-refractivity contribution in [3.05, 3.63) is 62.1 Å². The Hall–Kier alpha value is -2.81. The Morgan fingerprint density at radius 1 is 1.20 bits per heavy atom. The second kappa shape index (κ2) is 6.60. The molecule has 2 heterocycles. The number of halogens is 2. The first-order valence-corrected chi connectivity index (χ1v) is 8.26. The Kier molecular flexibility index (Phi) is 4.49. The maximum absolute atomic E-state index is 13.6. The van der Waals surface area contributed by atoms with E-state index in [2.05, 4.69) is 5.32 Å². The van der Waals surface area contributed by atoms with Crippen LogP contribution in [0.5, 0.6) is 0 Å². The fourth-order valence-corrected chi connectivity index (χ4v) is 3.33. The van der Waals surface area contributed by atoms with Crippen LogP contribution in [0.2, 0.25) is 0 Å². The molecule has 25 heavy (non-hydrogen) atoms. The largest absolute Gasteiger partial charge is 0.331 e. The van der Waals surface area contributed by atoms with Crippen LogP contribution in [-0.4, -0.2) is 15.0 Å². The zero-order chi connectivity index (χ0) is 18.1. The van der Waals surface area contributed by atoms with Gasteiger partial charge in [0.2, 0.25) is 5.91 Å². The van der Waals surface area contributed by atoms with Crippen LogP contribution in [0.25, 0.3) is 10.2 Å². The molecule has 0 aliphatic rings. The van der Waals surface area contributed by atoms with Crippen molar-refractivity contribution >= 4 is 33.1 Å². The van der Waals surface area contributed by atoms with Gasteiger partial charge in [0, 0.05) is 12.6 Å². The van der Waals surface area contributed by atoms with Gasteiger partial charge in [-0.1, -0.05) is 0 Å². The van der Waals surface area contributed by atoms with E-state index in [1.807, 2.05) is 0 Å². The van der Waals surface area contributed by atoms with E-state index in [0.717, 1.165) is 27.3 Å². The molecule has 0 spiro atoms. The number of carbonyl (C=O) groups is 1. The van der Waals surface area contributed by atoms with Crippen LogP contribution in [-0.2, 0) is 17.9 Å². The molecule has 1 amide bonds. The van der Waals surface area contributed by atoms with Crippen molar-refractivity contribution in [3.8, 4) is 0 Å². The molecule has 0 aliphatic heterocycles. The monoisotopic (exact) mass is 365 g/mol. The van der Waals surface area contributed by atoms with Gasteiger partial charge >= 0.3 is 5.69 Å². The lowest BCUT2D eigenvalue weighted by molar-refractivity contribution is -0.116. The number of nitrogens with zero attached hydrogens (tertiary/aromatic N) is 2. The highest BCUT2D eigenvalue weighted by molar-refractivity contribution is 7.17. The fourth-order valence-electron chi connectivity index (χ4n) is 2.49. The van der Waals surface area contributed by atoms with Gasteiger partial charge in [-0.3, -0.25) is 18.7 Å². The first kappa shape index (κ1) is 17.0. The standard InChI is InChI=1S/C16H13F2N3O3S/c1-2-20-15(23)14-12(5-6-25-14)21(16(20)24)8-13(22)19-11-7-9(17)3-4-10(11)18/h3-7H,2,8H2,1H3,(H,19,22). The second-order valence-corrected chi connectivity index (χ2v) is 6.14. The van der Waals surface area contributed by atoms with Crippen molar-refractivity contribution in [2.45, 2.75) is 20.0 Å². The quantitative estimate of drug-likeness (QED) is 0.770. The minimum absolute atomic E-state index is 0.158. The number of amides is 1. The summed E-state index contributed by atoms with van der Waals surface area (Å²) in [5.41, 5.74) is -1.03. The maximum Gasteiger partial charge on any atom is 0.331 e. The number of hydrogen-bond acceptors (Lipinski definition) is 4. The Bertz CT molecular complexity index is 1080. The van der Waals surface area contributed by atoms with Gasteiger partial charge in [-0.25, -0.2) is 13.6 Å². The Morgan fingerprint density at radius 2 is 1.96 bits per heavy atom. The van der Waals surface area contributed by atoms with E-state index in [1.165, 1.54) is 11.3 Å². The minimum Gasteiger partial charge on any atom is -0.322 e. The molecule has 3 aromatic rings. The summed E-state index contributed by atoms with van der Waals surface area (Å²) in [5.74, 6) is -2.20. The third-order valence-corrected chi connectivity index (χ3v) is 4.55. The zero-order valence-electron chi connectivity index (χ0n) is 13.1. The molecule has 6 nitrogen and oxygen atoms in total. The molecule has 0 saturated heterocycles. The average Bonchev–Trinajstić information content (AvgIpc) is 3.05. The van der Waals surface area contributed by atoms with E-state index >= 15 is 0 Å². The molecule has 0 bridgehead atoms. The molecule has 0 radical (unpaired) electrons. The first-order valence-electron chi connectivity index (χ1n) is 7.38. The Labute approximate surface area is 143 Å². The van der Waals surface area contributed by atoms with E-state index in [1.54, 1.807) is 18.4 Å².